The van der Waals surface area contributed by atoms with Crippen molar-refractivity contribution in [2.45, 2.75) is 82.8 Å². The first-order valence-corrected chi connectivity index (χ1v) is 19.4. The molecule has 53 heavy (non-hydrogen) atoms. The minimum absolute atomic E-state index is 0.0456. The average Bonchev–Trinajstić information content (AvgIpc) is 3.75. The van der Waals surface area contributed by atoms with Crippen molar-refractivity contribution >= 4 is 19.6 Å². The lowest BCUT2D eigenvalue weighted by Crippen LogP contribution is -2.35. The molecule has 1 aliphatic rings. The van der Waals surface area contributed by atoms with Crippen LogP contribution in [0.3, 0.4) is 0 Å². The van der Waals surface area contributed by atoms with Crippen molar-refractivity contribution in [2.75, 3.05) is 19.7 Å². The second-order valence-corrected chi connectivity index (χ2v) is 13.6. The van der Waals surface area contributed by atoms with Crippen LogP contribution in [0.25, 0.3) is 0 Å². The van der Waals surface area contributed by atoms with E-state index in [0.29, 0.717) is 12.8 Å². The molecule has 5 atom stereocenters. The van der Waals surface area contributed by atoms with Crippen LogP contribution in [-0.2, 0) is 18.6 Å². The fourth-order valence-corrected chi connectivity index (χ4v) is 6.17. The molecule has 2 amide bonds. The Hall–Kier alpha value is -4.43. The van der Waals surface area contributed by atoms with E-state index < -0.39 is 44.8 Å². The predicted molar refractivity (Wildman–Crippen MR) is 204 cm³/mol. The molecule has 15 heteroatoms. The maximum atomic E-state index is 13.7. The molecule has 0 aliphatic carbocycles. The van der Waals surface area contributed by atoms with Crippen LogP contribution in [0.4, 0.5) is 0 Å². The van der Waals surface area contributed by atoms with Gasteiger partial charge in [0.25, 0.3) is 5.91 Å². The number of carbonyl (C=O) groups is 2. The quantitative estimate of drug-likeness (QED) is 0.0495. The summed E-state index contributed by atoms with van der Waals surface area (Å²) < 4.78 is 31.7. The molecule has 0 radical (unpaired) electrons. The normalized spacial score (nSPS) is 20.5. The first kappa shape index (κ1) is 43.0. The smallest absolute Gasteiger partial charge is 0.413 e. The molecule has 2 heterocycles. The van der Waals surface area contributed by atoms with Gasteiger partial charge >= 0.3 is 7.75 Å². The summed E-state index contributed by atoms with van der Waals surface area (Å²) in [5, 5.41) is 30.4. The van der Waals surface area contributed by atoms with Crippen LogP contribution in [0.2, 0.25) is 0 Å². The van der Waals surface area contributed by atoms with Crippen molar-refractivity contribution < 1.29 is 38.2 Å². The number of para-hydroxylation sites is 1. The van der Waals surface area contributed by atoms with E-state index in [1.54, 1.807) is 30.3 Å². The zero-order chi connectivity index (χ0) is 38.2. The molecular formula is C38H53N6O8P. The zero-order valence-corrected chi connectivity index (χ0v) is 31.1. The molecule has 0 saturated carbocycles. The van der Waals surface area contributed by atoms with Crippen molar-refractivity contribution in [1.29, 1.82) is 0 Å². The lowest BCUT2D eigenvalue weighted by Gasteiger charge is -2.22. The Morgan fingerprint density at radius 3 is 2.04 bits per heavy atom. The molecule has 0 bridgehead atoms. The number of nitrogens with zero attached hydrogens (tertiary/aromatic N) is 3. The Morgan fingerprint density at radius 2 is 1.47 bits per heavy atom. The van der Waals surface area contributed by atoms with Gasteiger partial charge in [0.05, 0.1) is 6.61 Å². The standard InChI is InChI=1S/C38H53N6O8P/c1-2-3-4-5-6-7-8-9-10-11-12-13-14-15-16-17-18-19-23-26-33(45)40-27-28-42-53(49,52-31-24-21-20-22-25-31)50-29-32-34(46)35(47)38(51-32)44-30-41-37(43-44)36(39)48/h3-4,6-7,9-10,12-13,15-16,18-22,24-25,30,32,34-35,38,46-47H,2,5,8,11,14,17,23,26-29H2,1H3,(H2,39,48)(H,40,45)(H,42,49)/b4-3-,7-6-,10-9-,13-12-,16-15-,19-18-/t32-,34-,35-,38-,53?/m1/s1. The minimum Gasteiger partial charge on any atom is -0.413 e. The first-order chi connectivity index (χ1) is 25.7. The van der Waals surface area contributed by atoms with Gasteiger partial charge in [0.1, 0.15) is 30.4 Å². The van der Waals surface area contributed by atoms with Crippen LogP contribution in [0, 0.1) is 0 Å². The summed E-state index contributed by atoms with van der Waals surface area (Å²) in [6, 6.07) is 8.34. The van der Waals surface area contributed by atoms with E-state index in [1.807, 2.05) is 12.2 Å². The van der Waals surface area contributed by atoms with Crippen molar-refractivity contribution in [1.82, 2.24) is 25.2 Å². The molecule has 1 aromatic heterocycles. The highest BCUT2D eigenvalue weighted by Crippen LogP contribution is 2.45. The lowest BCUT2D eigenvalue weighted by atomic mass is 10.1. The summed E-state index contributed by atoms with van der Waals surface area (Å²) in [4.78, 5) is 27.4. The number of hydrogen-bond donors (Lipinski definition) is 5. The fraction of sp³-hybridized carbons (Fsp3) is 0.421. The second-order valence-electron chi connectivity index (χ2n) is 11.9. The van der Waals surface area contributed by atoms with E-state index in [-0.39, 0.29) is 30.6 Å². The van der Waals surface area contributed by atoms with Crippen LogP contribution >= 0.6 is 7.75 Å². The van der Waals surface area contributed by atoms with E-state index in [2.05, 4.69) is 88.2 Å². The highest BCUT2D eigenvalue weighted by Gasteiger charge is 2.45. The first-order valence-electron chi connectivity index (χ1n) is 17.9. The van der Waals surface area contributed by atoms with Crippen molar-refractivity contribution in [2.24, 2.45) is 5.73 Å². The van der Waals surface area contributed by atoms with Gasteiger partial charge in [-0.2, -0.15) is 0 Å². The molecule has 1 aromatic carbocycles. The van der Waals surface area contributed by atoms with E-state index >= 15 is 0 Å². The van der Waals surface area contributed by atoms with Gasteiger partial charge in [-0.3, -0.25) is 14.1 Å². The topological polar surface area (TPSA) is 200 Å². The highest BCUT2D eigenvalue weighted by molar-refractivity contribution is 7.52. The number of primary amides is 1. The number of nitrogens with two attached hydrogens (primary N) is 1. The molecule has 6 N–H and O–H groups in total. The Labute approximate surface area is 311 Å². The third kappa shape index (κ3) is 16.8. The van der Waals surface area contributed by atoms with E-state index in [0.717, 1.165) is 49.5 Å². The van der Waals surface area contributed by atoms with E-state index in [1.165, 1.54) is 0 Å². The van der Waals surface area contributed by atoms with Gasteiger partial charge in [-0.25, -0.2) is 19.3 Å². The van der Waals surface area contributed by atoms with Crippen LogP contribution in [0.15, 0.2) is 110 Å². The highest BCUT2D eigenvalue weighted by atomic mass is 31.2. The number of nitrogens with one attached hydrogen (secondary N) is 2. The molecule has 14 nitrogen and oxygen atoms in total. The fourth-order valence-electron chi connectivity index (χ4n) is 4.83. The Kier molecular flexibility index (Phi) is 20.1. The zero-order valence-electron chi connectivity index (χ0n) is 30.2. The number of carbonyl (C=O) groups excluding carboxylic acids is 2. The molecule has 1 fully saturated rings. The monoisotopic (exact) mass is 752 g/mol. The summed E-state index contributed by atoms with van der Waals surface area (Å²) in [5.41, 5.74) is 5.18. The Bertz CT molecular complexity index is 1610. The summed E-state index contributed by atoms with van der Waals surface area (Å²) in [7, 11) is -4.06. The number of amides is 2. The van der Waals surface area contributed by atoms with Crippen molar-refractivity contribution in [3.05, 3.63) is 115 Å². The van der Waals surface area contributed by atoms with Crippen molar-refractivity contribution in [3.63, 3.8) is 0 Å². The van der Waals surface area contributed by atoms with E-state index in [9.17, 15) is 24.4 Å². The lowest BCUT2D eigenvalue weighted by molar-refractivity contribution is -0.120. The third-order valence-electron chi connectivity index (χ3n) is 7.59. The number of allylic oxidation sites excluding steroid dienone is 12. The molecule has 288 valence electrons. The van der Waals surface area contributed by atoms with Crippen LogP contribution in [-0.4, -0.2) is 74.8 Å². The van der Waals surface area contributed by atoms with Crippen LogP contribution in [0.1, 0.15) is 75.1 Å². The van der Waals surface area contributed by atoms with Gasteiger partial charge < -0.3 is 30.5 Å². The number of rotatable bonds is 25. The van der Waals surface area contributed by atoms with E-state index in [4.69, 9.17) is 19.5 Å². The Balaban J connectivity index is 1.33. The van der Waals surface area contributed by atoms with Crippen LogP contribution < -0.4 is 20.7 Å². The van der Waals surface area contributed by atoms with Gasteiger partial charge in [0.2, 0.25) is 11.7 Å². The number of benzene rings is 1. The summed E-state index contributed by atoms with van der Waals surface area (Å²) in [6.45, 7) is 1.88. The molecule has 3 rings (SSSR count). The van der Waals surface area contributed by atoms with Gasteiger partial charge in [-0.15, -0.1) is 5.10 Å². The molecule has 2 aromatic rings. The Morgan fingerprint density at radius 1 is 0.887 bits per heavy atom. The average molecular weight is 753 g/mol. The summed E-state index contributed by atoms with van der Waals surface area (Å²) >= 11 is 0. The molecular weight excluding hydrogens is 699 g/mol. The van der Waals surface area contributed by atoms with Gasteiger partial charge in [-0.05, 0) is 57.1 Å². The number of ether oxygens (including phenoxy) is 1. The summed E-state index contributed by atoms with van der Waals surface area (Å²) in [5.74, 6) is -1.07. The largest absolute Gasteiger partial charge is 0.458 e. The van der Waals surface area contributed by atoms with Crippen molar-refractivity contribution in [3.8, 4) is 5.75 Å². The minimum atomic E-state index is -4.06. The molecule has 1 aliphatic heterocycles. The molecule has 1 saturated heterocycles. The number of hydrogen-bond acceptors (Lipinski definition) is 10. The second kappa shape index (κ2) is 24.7. The maximum absolute atomic E-state index is 13.7. The summed E-state index contributed by atoms with van der Waals surface area (Å²) in [6.07, 6.45) is 27.9. The molecule has 1 unspecified atom stereocenters. The SMILES string of the molecule is CC/C=C\C/C=C\C/C=C\C/C=C\C/C=C\C/C=C\CCC(=O)NCCNP(=O)(OC[C@H]1O[C@@H](n2cnc(C(N)=O)n2)[C@H](O)[C@@H]1O)Oc1ccccc1. The van der Waals surface area contributed by atoms with Gasteiger partial charge in [0, 0.05) is 19.5 Å². The number of aliphatic hydroxyl groups is 2. The molecule has 0 spiro atoms. The van der Waals surface area contributed by atoms with Gasteiger partial charge in [-0.1, -0.05) is 98.0 Å². The number of aliphatic hydroxyl groups excluding tert-OH is 2. The maximum Gasteiger partial charge on any atom is 0.458 e. The predicted octanol–water partition coefficient (Wildman–Crippen LogP) is 5.38. The van der Waals surface area contributed by atoms with Gasteiger partial charge in [0.15, 0.2) is 6.23 Å². The number of aromatic nitrogens is 3. The van der Waals surface area contributed by atoms with Crippen LogP contribution in [0.5, 0.6) is 5.75 Å². The third-order valence-corrected chi connectivity index (χ3v) is 9.14.